The summed E-state index contributed by atoms with van der Waals surface area (Å²) >= 11 is 0. The van der Waals surface area contributed by atoms with Crippen LogP contribution < -0.4 is 19.5 Å². The standard InChI is InChI=1S/C24H31NO6/c1-7-28-19-12-18(13-20(29-8-2)23(19)30-9-3)24(27)31-14-21(26)25-22-16(5)10-15(4)11-17(22)6/h10-13H,7-9,14H2,1-6H3,(H,25,26). The monoisotopic (exact) mass is 429 g/mol. The van der Waals surface area contributed by atoms with E-state index in [2.05, 4.69) is 5.32 Å². The van der Waals surface area contributed by atoms with Crippen LogP contribution in [0.1, 0.15) is 47.8 Å². The van der Waals surface area contributed by atoms with Crippen LogP contribution in [-0.2, 0) is 9.53 Å². The van der Waals surface area contributed by atoms with E-state index in [1.54, 1.807) is 0 Å². The fraction of sp³-hybridized carbons (Fsp3) is 0.417. The van der Waals surface area contributed by atoms with Crippen molar-refractivity contribution in [1.82, 2.24) is 0 Å². The molecule has 2 rings (SSSR count). The maximum absolute atomic E-state index is 12.6. The van der Waals surface area contributed by atoms with E-state index in [1.165, 1.54) is 12.1 Å². The van der Waals surface area contributed by atoms with Crippen molar-refractivity contribution < 1.29 is 28.5 Å². The molecule has 0 aliphatic rings. The Morgan fingerprint density at radius 3 is 1.81 bits per heavy atom. The first-order valence-electron chi connectivity index (χ1n) is 10.4. The molecule has 0 saturated heterocycles. The molecule has 7 heteroatoms. The van der Waals surface area contributed by atoms with Crippen LogP contribution >= 0.6 is 0 Å². The van der Waals surface area contributed by atoms with Gasteiger partial charge in [-0.25, -0.2) is 4.79 Å². The quantitative estimate of drug-likeness (QED) is 0.556. The third kappa shape index (κ3) is 6.38. The van der Waals surface area contributed by atoms with E-state index in [1.807, 2.05) is 53.7 Å². The zero-order valence-electron chi connectivity index (χ0n) is 19.1. The molecule has 31 heavy (non-hydrogen) atoms. The lowest BCUT2D eigenvalue weighted by Crippen LogP contribution is -2.22. The van der Waals surface area contributed by atoms with Crippen LogP contribution in [0.4, 0.5) is 5.69 Å². The highest BCUT2D eigenvalue weighted by Crippen LogP contribution is 2.39. The zero-order chi connectivity index (χ0) is 23.0. The first kappa shape index (κ1) is 24.1. The molecule has 0 spiro atoms. The fourth-order valence-electron chi connectivity index (χ4n) is 3.27. The second-order valence-electron chi connectivity index (χ2n) is 7.00. The summed E-state index contributed by atoms with van der Waals surface area (Å²) in [6.45, 7) is 12.2. The Kier molecular flexibility index (Phi) is 8.73. The average molecular weight is 430 g/mol. The Labute approximate surface area is 183 Å². The molecule has 168 valence electrons. The van der Waals surface area contributed by atoms with Crippen molar-refractivity contribution in [2.75, 3.05) is 31.7 Å². The van der Waals surface area contributed by atoms with Crippen molar-refractivity contribution in [3.05, 3.63) is 46.5 Å². The molecule has 0 radical (unpaired) electrons. The summed E-state index contributed by atoms with van der Waals surface area (Å²) in [4.78, 5) is 25.0. The number of hydrogen-bond donors (Lipinski definition) is 1. The third-order valence-electron chi connectivity index (χ3n) is 4.42. The number of hydrogen-bond acceptors (Lipinski definition) is 6. The Morgan fingerprint density at radius 1 is 0.806 bits per heavy atom. The molecule has 1 amide bonds. The van der Waals surface area contributed by atoms with E-state index in [4.69, 9.17) is 18.9 Å². The van der Waals surface area contributed by atoms with Crippen molar-refractivity contribution in [2.45, 2.75) is 41.5 Å². The van der Waals surface area contributed by atoms with Gasteiger partial charge >= 0.3 is 5.97 Å². The lowest BCUT2D eigenvalue weighted by molar-refractivity contribution is -0.119. The first-order valence-corrected chi connectivity index (χ1v) is 10.4. The van der Waals surface area contributed by atoms with Crippen LogP contribution in [0.15, 0.2) is 24.3 Å². The lowest BCUT2D eigenvalue weighted by atomic mass is 10.1. The summed E-state index contributed by atoms with van der Waals surface area (Å²) in [5.41, 5.74) is 3.96. The molecule has 0 atom stereocenters. The summed E-state index contributed by atoms with van der Waals surface area (Å²) in [7, 11) is 0. The maximum atomic E-state index is 12.6. The Balaban J connectivity index is 2.15. The molecule has 0 saturated carbocycles. The molecule has 0 aliphatic heterocycles. The summed E-state index contributed by atoms with van der Waals surface area (Å²) in [6, 6.07) is 7.04. The van der Waals surface area contributed by atoms with Gasteiger partial charge in [0.05, 0.1) is 25.4 Å². The maximum Gasteiger partial charge on any atom is 0.338 e. The number of aryl methyl sites for hydroxylation is 3. The van der Waals surface area contributed by atoms with E-state index < -0.39 is 18.5 Å². The topological polar surface area (TPSA) is 83.1 Å². The minimum absolute atomic E-state index is 0.214. The van der Waals surface area contributed by atoms with Crippen molar-refractivity contribution in [2.24, 2.45) is 0 Å². The second kappa shape index (κ2) is 11.2. The van der Waals surface area contributed by atoms with Crippen LogP contribution in [0.2, 0.25) is 0 Å². The van der Waals surface area contributed by atoms with Crippen molar-refractivity contribution >= 4 is 17.6 Å². The normalized spacial score (nSPS) is 10.4. The van der Waals surface area contributed by atoms with E-state index >= 15 is 0 Å². The summed E-state index contributed by atoms with van der Waals surface area (Å²) < 4.78 is 22.1. The van der Waals surface area contributed by atoms with Gasteiger partial charge in [-0.3, -0.25) is 4.79 Å². The fourth-order valence-corrected chi connectivity index (χ4v) is 3.27. The molecule has 0 heterocycles. The highest BCUT2D eigenvalue weighted by Gasteiger charge is 2.20. The minimum Gasteiger partial charge on any atom is -0.490 e. The number of carbonyl (C=O) groups is 2. The van der Waals surface area contributed by atoms with Crippen LogP contribution in [0.5, 0.6) is 17.2 Å². The molecule has 2 aromatic carbocycles. The number of rotatable bonds is 10. The smallest absolute Gasteiger partial charge is 0.338 e. The predicted octanol–water partition coefficient (Wildman–Crippen LogP) is 4.60. The molecule has 0 bridgehead atoms. The first-order chi connectivity index (χ1) is 14.8. The van der Waals surface area contributed by atoms with Gasteiger partial charge in [0.1, 0.15) is 0 Å². The number of carbonyl (C=O) groups excluding carboxylic acids is 2. The molecule has 0 unspecified atom stereocenters. The van der Waals surface area contributed by atoms with Gasteiger partial charge in [-0.1, -0.05) is 17.7 Å². The van der Waals surface area contributed by atoms with Gasteiger partial charge in [0.15, 0.2) is 18.1 Å². The Bertz CT molecular complexity index is 888. The van der Waals surface area contributed by atoms with E-state index in [-0.39, 0.29) is 5.56 Å². The van der Waals surface area contributed by atoms with Gasteiger partial charge in [0.25, 0.3) is 5.91 Å². The second-order valence-corrected chi connectivity index (χ2v) is 7.00. The number of nitrogens with one attached hydrogen (secondary N) is 1. The highest BCUT2D eigenvalue weighted by molar-refractivity contribution is 5.97. The SMILES string of the molecule is CCOc1cc(C(=O)OCC(=O)Nc2c(C)cc(C)cc2C)cc(OCC)c1OCC. The van der Waals surface area contributed by atoms with Crippen molar-refractivity contribution in [3.63, 3.8) is 0 Å². The Morgan fingerprint density at radius 2 is 1.32 bits per heavy atom. The summed E-state index contributed by atoms with van der Waals surface area (Å²) in [5.74, 6) is 0.142. The third-order valence-corrected chi connectivity index (χ3v) is 4.42. The van der Waals surface area contributed by atoms with Gasteiger partial charge in [-0.15, -0.1) is 0 Å². The zero-order valence-corrected chi connectivity index (χ0v) is 19.1. The van der Waals surface area contributed by atoms with E-state index in [0.29, 0.717) is 37.1 Å². The largest absolute Gasteiger partial charge is 0.490 e. The molecule has 1 N–H and O–H groups in total. The summed E-state index contributed by atoms with van der Waals surface area (Å²) in [5, 5.41) is 2.82. The van der Waals surface area contributed by atoms with Crippen LogP contribution in [0.25, 0.3) is 0 Å². The van der Waals surface area contributed by atoms with Crippen LogP contribution in [-0.4, -0.2) is 38.3 Å². The minimum atomic E-state index is -0.655. The molecule has 0 fully saturated rings. The van der Waals surface area contributed by atoms with Gasteiger partial charge in [0.2, 0.25) is 5.75 Å². The summed E-state index contributed by atoms with van der Waals surface area (Å²) in [6.07, 6.45) is 0. The van der Waals surface area contributed by atoms with Crippen LogP contribution in [0, 0.1) is 20.8 Å². The number of ether oxygens (including phenoxy) is 4. The molecular weight excluding hydrogens is 398 g/mol. The van der Waals surface area contributed by atoms with Gasteiger partial charge < -0.3 is 24.3 Å². The average Bonchev–Trinajstić information content (AvgIpc) is 2.71. The Hall–Kier alpha value is -3.22. The van der Waals surface area contributed by atoms with Crippen molar-refractivity contribution in [1.29, 1.82) is 0 Å². The van der Waals surface area contributed by atoms with Crippen LogP contribution in [0.3, 0.4) is 0 Å². The molecule has 0 aromatic heterocycles. The highest BCUT2D eigenvalue weighted by atomic mass is 16.5. The van der Waals surface area contributed by atoms with Gasteiger partial charge in [0, 0.05) is 5.69 Å². The molecular formula is C24H31NO6. The number of amides is 1. The molecule has 7 nitrogen and oxygen atoms in total. The predicted molar refractivity (Wildman–Crippen MR) is 120 cm³/mol. The number of benzene rings is 2. The van der Waals surface area contributed by atoms with Crippen molar-refractivity contribution in [3.8, 4) is 17.2 Å². The molecule has 0 aliphatic carbocycles. The van der Waals surface area contributed by atoms with Gasteiger partial charge in [-0.05, 0) is 64.8 Å². The van der Waals surface area contributed by atoms with E-state index in [0.717, 1.165) is 22.4 Å². The number of esters is 1. The van der Waals surface area contributed by atoms with Gasteiger partial charge in [-0.2, -0.15) is 0 Å². The molecule has 2 aromatic rings. The lowest BCUT2D eigenvalue weighted by Gasteiger charge is -2.17. The van der Waals surface area contributed by atoms with E-state index in [9.17, 15) is 9.59 Å². The number of anilines is 1.